The monoisotopic (exact) mass is 301 g/mol. The maximum Gasteiger partial charge on any atom is 0.225 e. The van der Waals surface area contributed by atoms with Gasteiger partial charge in [0, 0.05) is 16.2 Å². The molecule has 0 saturated carbocycles. The number of hydrogen-bond donors (Lipinski definition) is 1. The zero-order valence-corrected chi connectivity index (χ0v) is 13.3. The lowest BCUT2D eigenvalue weighted by atomic mass is 10.2. The summed E-state index contributed by atoms with van der Waals surface area (Å²) in [4.78, 5) is 10.7. The molecule has 0 radical (unpaired) electrons. The van der Waals surface area contributed by atoms with Gasteiger partial charge in [0.1, 0.15) is 10.6 Å². The highest BCUT2D eigenvalue weighted by molar-refractivity contribution is 7.99. The van der Waals surface area contributed by atoms with Crippen molar-refractivity contribution in [1.82, 2.24) is 9.97 Å². The fraction of sp³-hybridized carbons (Fsp3) is 0.500. The van der Waals surface area contributed by atoms with Crippen LogP contribution in [0.2, 0.25) is 5.28 Å². The van der Waals surface area contributed by atoms with E-state index in [1.54, 1.807) is 11.3 Å². The molecule has 2 heterocycles. The molecule has 0 aliphatic heterocycles. The van der Waals surface area contributed by atoms with Crippen molar-refractivity contribution in [3.63, 3.8) is 0 Å². The van der Waals surface area contributed by atoms with Gasteiger partial charge >= 0.3 is 0 Å². The first-order valence-corrected chi connectivity index (χ1v) is 8.06. The second-order valence-corrected chi connectivity index (χ2v) is 7.82. The molecule has 2 rings (SSSR count). The van der Waals surface area contributed by atoms with Gasteiger partial charge in [-0.05, 0) is 44.7 Å². The Hall–Kier alpha value is -0.520. The Morgan fingerprint density at radius 3 is 2.83 bits per heavy atom. The minimum atomic E-state index is 0.162. The van der Waals surface area contributed by atoms with Gasteiger partial charge in [-0.2, -0.15) is 11.8 Å². The molecule has 3 nitrogen and oxygen atoms in total. The fourth-order valence-corrected chi connectivity index (χ4v) is 2.83. The first kappa shape index (κ1) is 13.9. The first-order valence-electron chi connectivity index (χ1n) is 5.64. The molecule has 0 unspecified atom stereocenters. The Morgan fingerprint density at radius 2 is 2.17 bits per heavy atom. The van der Waals surface area contributed by atoms with Gasteiger partial charge in [-0.25, -0.2) is 9.97 Å². The van der Waals surface area contributed by atoms with E-state index in [1.807, 2.05) is 11.8 Å². The average Bonchev–Trinajstić information content (AvgIpc) is 2.66. The molecule has 0 aliphatic carbocycles. The van der Waals surface area contributed by atoms with E-state index >= 15 is 0 Å². The molecule has 2 aromatic rings. The fourth-order valence-electron chi connectivity index (χ4n) is 1.52. The van der Waals surface area contributed by atoms with Crippen molar-refractivity contribution in [3.05, 3.63) is 16.2 Å². The summed E-state index contributed by atoms with van der Waals surface area (Å²) in [5, 5.41) is 4.74. The van der Waals surface area contributed by atoms with Crippen molar-refractivity contribution in [2.75, 3.05) is 18.1 Å². The van der Waals surface area contributed by atoms with E-state index in [2.05, 4.69) is 48.4 Å². The average molecular weight is 302 g/mol. The van der Waals surface area contributed by atoms with Gasteiger partial charge < -0.3 is 5.32 Å². The molecule has 1 N–H and O–H groups in total. The summed E-state index contributed by atoms with van der Waals surface area (Å²) in [6.45, 7) is 7.30. The van der Waals surface area contributed by atoms with Gasteiger partial charge in [-0.1, -0.05) is 0 Å². The van der Waals surface area contributed by atoms with Crippen LogP contribution in [0.4, 0.5) is 5.82 Å². The van der Waals surface area contributed by atoms with E-state index in [0.717, 1.165) is 22.6 Å². The lowest BCUT2D eigenvalue weighted by molar-refractivity contribution is 0.750. The Balaban J connectivity index is 2.32. The molecule has 0 saturated heterocycles. The molecule has 0 amide bonds. The van der Waals surface area contributed by atoms with E-state index in [9.17, 15) is 0 Å². The van der Waals surface area contributed by atoms with E-state index in [1.165, 1.54) is 4.88 Å². The quantitative estimate of drug-likeness (QED) is 0.859. The molecule has 0 atom stereocenters. The number of anilines is 1. The number of nitrogens with one attached hydrogen (secondary N) is 1. The number of fused-ring (bicyclic) bond motifs is 1. The van der Waals surface area contributed by atoms with Crippen LogP contribution in [0.15, 0.2) is 6.07 Å². The zero-order chi connectivity index (χ0) is 13.3. The topological polar surface area (TPSA) is 37.8 Å². The van der Waals surface area contributed by atoms with Crippen molar-refractivity contribution < 1.29 is 0 Å². The van der Waals surface area contributed by atoms with Gasteiger partial charge in [0.05, 0.1) is 5.39 Å². The summed E-state index contributed by atoms with van der Waals surface area (Å²) in [7, 11) is 0. The van der Waals surface area contributed by atoms with Gasteiger partial charge in [-0.15, -0.1) is 11.3 Å². The Bertz CT molecular complexity index is 566. The summed E-state index contributed by atoms with van der Waals surface area (Å²) < 4.78 is 0.162. The van der Waals surface area contributed by atoms with Crippen molar-refractivity contribution in [3.8, 4) is 0 Å². The van der Waals surface area contributed by atoms with Crippen LogP contribution in [0.1, 0.15) is 18.7 Å². The zero-order valence-electron chi connectivity index (χ0n) is 10.9. The number of aromatic nitrogens is 2. The Labute approximate surface area is 120 Å². The highest BCUT2D eigenvalue weighted by Crippen LogP contribution is 2.30. The number of thiophene rings is 1. The van der Waals surface area contributed by atoms with Crippen molar-refractivity contribution >= 4 is 50.7 Å². The molecular weight excluding hydrogens is 286 g/mol. The second kappa shape index (κ2) is 5.23. The SMILES string of the molecule is CSC(C)(C)CNc1nc(Cl)nc2sc(C)cc12. The summed E-state index contributed by atoms with van der Waals surface area (Å²) in [5.41, 5.74) is 0. The van der Waals surface area contributed by atoms with Gasteiger partial charge in [0.15, 0.2) is 0 Å². The molecule has 18 heavy (non-hydrogen) atoms. The molecule has 0 aliphatic rings. The summed E-state index contributed by atoms with van der Waals surface area (Å²) in [6.07, 6.45) is 2.11. The number of rotatable bonds is 4. The maximum absolute atomic E-state index is 5.96. The third kappa shape index (κ3) is 3.08. The van der Waals surface area contributed by atoms with Crippen molar-refractivity contribution in [1.29, 1.82) is 0 Å². The van der Waals surface area contributed by atoms with Crippen molar-refractivity contribution in [2.24, 2.45) is 0 Å². The minimum absolute atomic E-state index is 0.162. The number of thioether (sulfide) groups is 1. The lowest BCUT2D eigenvalue weighted by Gasteiger charge is -2.22. The molecule has 0 bridgehead atoms. The number of nitrogens with zero attached hydrogens (tertiary/aromatic N) is 2. The van der Waals surface area contributed by atoms with E-state index in [-0.39, 0.29) is 4.75 Å². The molecule has 98 valence electrons. The molecule has 0 spiro atoms. The van der Waals surface area contributed by atoms with E-state index < -0.39 is 0 Å². The highest BCUT2D eigenvalue weighted by atomic mass is 35.5. The van der Waals surface area contributed by atoms with Crippen LogP contribution in [-0.2, 0) is 0 Å². The number of halogens is 1. The highest BCUT2D eigenvalue weighted by Gasteiger charge is 2.17. The largest absolute Gasteiger partial charge is 0.368 e. The predicted molar refractivity (Wildman–Crippen MR) is 83.2 cm³/mol. The van der Waals surface area contributed by atoms with Crippen LogP contribution >= 0.6 is 34.7 Å². The molecule has 0 aromatic carbocycles. The molecule has 6 heteroatoms. The molecule has 0 fully saturated rings. The summed E-state index contributed by atoms with van der Waals surface area (Å²) in [5.74, 6) is 0.830. The lowest BCUT2D eigenvalue weighted by Crippen LogP contribution is -2.26. The summed E-state index contributed by atoms with van der Waals surface area (Å²) >= 11 is 9.42. The molecular formula is C12H16ClN3S2. The van der Waals surface area contributed by atoms with Gasteiger partial charge in [-0.3, -0.25) is 0 Å². The normalized spacial score (nSPS) is 12.1. The van der Waals surface area contributed by atoms with E-state index in [0.29, 0.717) is 5.28 Å². The number of hydrogen-bond acceptors (Lipinski definition) is 5. The van der Waals surface area contributed by atoms with Crippen LogP contribution in [0.3, 0.4) is 0 Å². The van der Waals surface area contributed by atoms with Gasteiger partial charge in [0.2, 0.25) is 5.28 Å². The van der Waals surface area contributed by atoms with Crippen LogP contribution in [0.25, 0.3) is 10.2 Å². The van der Waals surface area contributed by atoms with Crippen LogP contribution in [-0.4, -0.2) is 27.5 Å². The van der Waals surface area contributed by atoms with Crippen LogP contribution in [0.5, 0.6) is 0 Å². The van der Waals surface area contributed by atoms with E-state index in [4.69, 9.17) is 11.6 Å². The first-order chi connectivity index (χ1) is 8.41. The van der Waals surface area contributed by atoms with Crippen molar-refractivity contribution in [2.45, 2.75) is 25.5 Å². The third-order valence-corrected chi connectivity index (χ3v) is 5.09. The maximum atomic E-state index is 5.96. The standard InChI is InChI=1S/C12H16ClN3S2/c1-7-5-8-9(14-6-12(2,3)17-4)15-11(13)16-10(8)18-7/h5H,6H2,1-4H3,(H,14,15,16). The predicted octanol–water partition coefficient (Wildman–Crippen LogP) is 4.21. The minimum Gasteiger partial charge on any atom is -0.368 e. The molecule has 2 aromatic heterocycles. The van der Waals surface area contributed by atoms with Crippen LogP contribution < -0.4 is 5.32 Å². The number of aryl methyl sites for hydroxylation is 1. The Kier molecular flexibility index (Phi) is 4.04. The Morgan fingerprint density at radius 1 is 1.44 bits per heavy atom. The van der Waals surface area contributed by atoms with Gasteiger partial charge in [0.25, 0.3) is 0 Å². The second-order valence-electron chi connectivity index (χ2n) is 4.73. The van der Waals surface area contributed by atoms with Crippen LogP contribution in [0, 0.1) is 6.92 Å². The smallest absolute Gasteiger partial charge is 0.225 e. The summed E-state index contributed by atoms with van der Waals surface area (Å²) in [6, 6.07) is 2.10. The third-order valence-electron chi connectivity index (χ3n) is 2.72.